The molecule has 0 unspecified atom stereocenters. The first-order valence-corrected chi connectivity index (χ1v) is 6.57. The van der Waals surface area contributed by atoms with E-state index in [2.05, 4.69) is 4.72 Å². The van der Waals surface area contributed by atoms with Gasteiger partial charge in [-0.15, -0.1) is 0 Å². The summed E-state index contributed by atoms with van der Waals surface area (Å²) in [4.78, 5) is 9.67. The van der Waals surface area contributed by atoms with Gasteiger partial charge in [-0.1, -0.05) is 6.07 Å². The third-order valence-electron chi connectivity index (χ3n) is 2.03. The van der Waals surface area contributed by atoms with Crippen LogP contribution >= 0.6 is 0 Å². The average molecular weight is 274 g/mol. The molecule has 0 bridgehead atoms. The molecule has 0 saturated carbocycles. The maximum Gasteiger partial charge on any atom is 0.270 e. The summed E-state index contributed by atoms with van der Waals surface area (Å²) in [7, 11) is -3.86. The van der Waals surface area contributed by atoms with Crippen LogP contribution in [0.2, 0.25) is 0 Å². The lowest BCUT2D eigenvalue weighted by Gasteiger charge is -2.17. The van der Waals surface area contributed by atoms with Crippen molar-refractivity contribution in [3.63, 3.8) is 0 Å². The Morgan fingerprint density at radius 1 is 1.44 bits per heavy atom. The third kappa shape index (κ3) is 4.06. The molecule has 0 radical (unpaired) electrons. The van der Waals surface area contributed by atoms with E-state index in [-0.39, 0.29) is 17.1 Å². The van der Waals surface area contributed by atoms with Crippen molar-refractivity contribution in [3.8, 4) is 0 Å². The fourth-order valence-electron chi connectivity index (χ4n) is 1.12. The number of non-ortho nitro benzene ring substituents is 1. The molecule has 0 heterocycles. The molecule has 0 spiro atoms. The minimum Gasteiger partial charge on any atom is -0.389 e. The molecule has 8 heteroatoms. The maximum atomic E-state index is 11.8. The fraction of sp³-hybridized carbons (Fsp3) is 0.400. The summed E-state index contributed by atoms with van der Waals surface area (Å²) in [6, 6.07) is 4.71. The lowest BCUT2D eigenvalue weighted by atomic mass is 10.1. The number of benzene rings is 1. The Morgan fingerprint density at radius 3 is 2.56 bits per heavy atom. The van der Waals surface area contributed by atoms with Crippen LogP contribution in [-0.2, 0) is 10.0 Å². The Kier molecular flexibility index (Phi) is 4.05. The summed E-state index contributed by atoms with van der Waals surface area (Å²) in [5, 5.41) is 20.0. The molecule has 0 fully saturated rings. The Bertz CT molecular complexity index is 548. The van der Waals surface area contributed by atoms with Crippen molar-refractivity contribution in [2.45, 2.75) is 24.3 Å². The van der Waals surface area contributed by atoms with Crippen LogP contribution in [0.1, 0.15) is 13.8 Å². The summed E-state index contributed by atoms with van der Waals surface area (Å²) in [5.41, 5.74) is -1.51. The highest BCUT2D eigenvalue weighted by Gasteiger charge is 2.21. The van der Waals surface area contributed by atoms with Crippen molar-refractivity contribution in [1.29, 1.82) is 0 Å². The second-order valence-electron chi connectivity index (χ2n) is 4.39. The van der Waals surface area contributed by atoms with E-state index in [9.17, 15) is 23.6 Å². The number of nitrogens with zero attached hydrogens (tertiary/aromatic N) is 1. The predicted molar refractivity (Wildman–Crippen MR) is 64.6 cm³/mol. The third-order valence-corrected chi connectivity index (χ3v) is 3.43. The topological polar surface area (TPSA) is 110 Å². The van der Waals surface area contributed by atoms with Crippen LogP contribution in [0.3, 0.4) is 0 Å². The summed E-state index contributed by atoms with van der Waals surface area (Å²) < 4.78 is 25.8. The molecule has 2 N–H and O–H groups in total. The molecule has 0 aliphatic rings. The number of nitro benzene ring substituents is 1. The highest BCUT2D eigenvalue weighted by Crippen LogP contribution is 2.17. The van der Waals surface area contributed by atoms with Gasteiger partial charge in [0.05, 0.1) is 15.4 Å². The molecule has 0 saturated heterocycles. The molecular weight excluding hydrogens is 260 g/mol. The predicted octanol–water partition coefficient (Wildman–Crippen LogP) is 0.644. The number of aliphatic hydroxyl groups is 1. The van der Waals surface area contributed by atoms with Gasteiger partial charge in [0.1, 0.15) is 0 Å². The van der Waals surface area contributed by atoms with E-state index in [4.69, 9.17) is 0 Å². The minimum absolute atomic E-state index is 0.183. The lowest BCUT2D eigenvalue weighted by molar-refractivity contribution is -0.385. The highest BCUT2D eigenvalue weighted by atomic mass is 32.2. The molecule has 100 valence electrons. The van der Waals surface area contributed by atoms with Crippen LogP contribution in [0.5, 0.6) is 0 Å². The van der Waals surface area contributed by atoms with Gasteiger partial charge in [0, 0.05) is 18.7 Å². The lowest BCUT2D eigenvalue weighted by Crippen LogP contribution is -2.38. The maximum absolute atomic E-state index is 11.8. The Morgan fingerprint density at radius 2 is 2.06 bits per heavy atom. The first-order valence-electron chi connectivity index (χ1n) is 5.08. The van der Waals surface area contributed by atoms with Crippen LogP contribution in [0.15, 0.2) is 29.2 Å². The number of hydrogen-bond donors (Lipinski definition) is 2. The second-order valence-corrected chi connectivity index (χ2v) is 6.16. The summed E-state index contributed by atoms with van der Waals surface area (Å²) in [6.45, 7) is 2.71. The van der Waals surface area contributed by atoms with Crippen molar-refractivity contribution in [3.05, 3.63) is 34.4 Å². The van der Waals surface area contributed by atoms with Crippen molar-refractivity contribution in [2.75, 3.05) is 6.54 Å². The normalized spacial score (nSPS) is 12.4. The SMILES string of the molecule is CC(C)(O)CNS(=O)(=O)c1cccc([N+](=O)[O-])c1. The van der Waals surface area contributed by atoms with E-state index >= 15 is 0 Å². The molecule has 18 heavy (non-hydrogen) atoms. The Hall–Kier alpha value is -1.51. The number of nitrogens with one attached hydrogen (secondary N) is 1. The van der Waals surface area contributed by atoms with Gasteiger partial charge >= 0.3 is 0 Å². The average Bonchev–Trinajstić information content (AvgIpc) is 2.26. The van der Waals surface area contributed by atoms with Crippen LogP contribution in [0, 0.1) is 10.1 Å². The van der Waals surface area contributed by atoms with Gasteiger partial charge in [0.25, 0.3) is 5.69 Å². The fourth-order valence-corrected chi connectivity index (χ4v) is 2.36. The van der Waals surface area contributed by atoms with Gasteiger partial charge in [-0.3, -0.25) is 10.1 Å². The molecule has 0 aliphatic heterocycles. The first kappa shape index (κ1) is 14.6. The number of rotatable bonds is 5. The van der Waals surface area contributed by atoms with Crippen molar-refractivity contribution >= 4 is 15.7 Å². The Labute approximate surface area is 105 Å². The molecule has 1 aromatic carbocycles. The van der Waals surface area contributed by atoms with Gasteiger partial charge in [0.2, 0.25) is 10.0 Å². The smallest absolute Gasteiger partial charge is 0.270 e. The molecule has 0 aromatic heterocycles. The van der Waals surface area contributed by atoms with Crippen molar-refractivity contribution in [2.24, 2.45) is 0 Å². The molecule has 1 rings (SSSR count). The summed E-state index contributed by atoms with van der Waals surface area (Å²) >= 11 is 0. The van der Waals surface area contributed by atoms with Gasteiger partial charge in [-0.05, 0) is 19.9 Å². The van der Waals surface area contributed by atoms with E-state index in [1.807, 2.05) is 0 Å². The molecule has 0 atom stereocenters. The van der Waals surface area contributed by atoms with E-state index in [1.54, 1.807) is 0 Å². The monoisotopic (exact) mass is 274 g/mol. The van der Waals surface area contributed by atoms with Crippen molar-refractivity contribution < 1.29 is 18.4 Å². The summed E-state index contributed by atoms with van der Waals surface area (Å²) in [5.74, 6) is 0. The number of nitro groups is 1. The molecular formula is C10H14N2O5S. The zero-order valence-electron chi connectivity index (χ0n) is 9.95. The molecule has 0 amide bonds. The quantitative estimate of drug-likeness (QED) is 0.605. The van der Waals surface area contributed by atoms with Gasteiger partial charge in [-0.25, -0.2) is 13.1 Å². The zero-order chi connectivity index (χ0) is 14.0. The standard InChI is InChI=1S/C10H14N2O5S/c1-10(2,13)7-11-18(16,17)9-5-3-4-8(6-9)12(14)15/h3-6,11,13H,7H2,1-2H3. The first-order chi connectivity index (χ1) is 8.12. The van der Waals surface area contributed by atoms with Gasteiger partial charge in [0.15, 0.2) is 0 Å². The highest BCUT2D eigenvalue weighted by molar-refractivity contribution is 7.89. The van der Waals surface area contributed by atoms with E-state index in [1.165, 1.54) is 32.0 Å². The van der Waals surface area contributed by atoms with E-state index < -0.39 is 20.5 Å². The van der Waals surface area contributed by atoms with Crippen LogP contribution in [0.25, 0.3) is 0 Å². The second kappa shape index (κ2) is 5.01. The van der Waals surface area contributed by atoms with Crippen LogP contribution in [-0.4, -0.2) is 30.6 Å². The molecule has 0 aliphatic carbocycles. The number of sulfonamides is 1. The van der Waals surface area contributed by atoms with E-state index in [0.717, 1.165) is 6.07 Å². The Balaban J connectivity index is 2.99. The van der Waals surface area contributed by atoms with Gasteiger partial charge < -0.3 is 5.11 Å². The number of hydrogen-bond acceptors (Lipinski definition) is 5. The van der Waals surface area contributed by atoms with E-state index in [0.29, 0.717) is 0 Å². The van der Waals surface area contributed by atoms with Crippen molar-refractivity contribution in [1.82, 2.24) is 4.72 Å². The van der Waals surface area contributed by atoms with Gasteiger partial charge in [-0.2, -0.15) is 0 Å². The largest absolute Gasteiger partial charge is 0.389 e. The minimum atomic E-state index is -3.86. The summed E-state index contributed by atoms with van der Waals surface area (Å²) in [6.07, 6.45) is 0. The zero-order valence-corrected chi connectivity index (χ0v) is 10.8. The van der Waals surface area contributed by atoms with Crippen LogP contribution < -0.4 is 4.72 Å². The van der Waals surface area contributed by atoms with Crippen LogP contribution in [0.4, 0.5) is 5.69 Å². The molecule has 7 nitrogen and oxygen atoms in total. The molecule has 1 aromatic rings.